The highest BCUT2D eigenvalue weighted by atomic mass is 35.5. The first-order valence-electron chi connectivity index (χ1n) is 10.3. The smallest absolute Gasteiger partial charge is 0.322 e. The summed E-state index contributed by atoms with van der Waals surface area (Å²) in [6.45, 7) is 3.60. The monoisotopic (exact) mass is 519 g/mol. The third-order valence-corrected chi connectivity index (χ3v) is 6.33. The van der Waals surface area contributed by atoms with Crippen LogP contribution < -0.4 is 15.4 Å². The zero-order valence-corrected chi connectivity index (χ0v) is 20.8. The van der Waals surface area contributed by atoms with E-state index in [-0.39, 0.29) is 17.9 Å². The number of nitrogens with two attached hydrogens (primary N) is 1. The summed E-state index contributed by atoms with van der Waals surface area (Å²) in [4.78, 5) is 13.7. The largest absolute Gasteiger partial charge is 0.480 e. The van der Waals surface area contributed by atoms with Crippen LogP contribution in [0.25, 0.3) is 0 Å². The number of carbonyl (C=O) groups is 1. The second-order valence-electron chi connectivity index (χ2n) is 7.07. The standard InChI is InChI=1S/C20H24Cl2N2O4S.C2H7NO/c1-15-2-8-18(9-3-15)29(27,28)23-19(20(25)26)14-16-4-6-17(7-5-16)24(12-10-21)13-11-22;3-1-2-4/h2-9,19,23H,10-14H2,1H3,(H,25,26);4H,1-3H2/t19-;/m0./s1. The van der Waals surface area contributed by atoms with Crippen molar-refractivity contribution in [3.05, 3.63) is 59.7 Å². The summed E-state index contributed by atoms with van der Waals surface area (Å²) in [6.07, 6.45) is 0.0196. The fraction of sp³-hybridized carbons (Fsp3) is 0.409. The Morgan fingerprint density at radius 3 is 2.00 bits per heavy atom. The van der Waals surface area contributed by atoms with Crippen molar-refractivity contribution in [2.24, 2.45) is 5.73 Å². The number of rotatable bonds is 12. The van der Waals surface area contributed by atoms with Crippen LogP contribution in [0.3, 0.4) is 0 Å². The molecule has 2 rings (SSSR count). The Balaban J connectivity index is 0.00000125. The van der Waals surface area contributed by atoms with E-state index in [1.165, 1.54) is 12.1 Å². The molecule has 5 N–H and O–H groups in total. The molecule has 0 unspecified atom stereocenters. The Kier molecular flexibility index (Phi) is 13.3. The van der Waals surface area contributed by atoms with Gasteiger partial charge in [-0.15, -0.1) is 23.2 Å². The molecule has 0 fully saturated rings. The number of aliphatic hydroxyl groups excluding tert-OH is 1. The molecule has 0 saturated carbocycles. The molecule has 11 heteroatoms. The van der Waals surface area contributed by atoms with Gasteiger partial charge < -0.3 is 20.8 Å². The number of aliphatic carboxylic acids is 1. The molecule has 0 aliphatic rings. The number of hydrogen-bond acceptors (Lipinski definition) is 6. The van der Waals surface area contributed by atoms with E-state index in [1.54, 1.807) is 24.3 Å². The Hall–Kier alpha value is -1.88. The van der Waals surface area contributed by atoms with Crippen molar-refractivity contribution in [2.75, 3.05) is 42.9 Å². The molecule has 0 aliphatic carbocycles. The SMILES string of the molecule is Cc1ccc(S(=O)(=O)N[C@@H](Cc2ccc(N(CCCl)CCCl)cc2)C(=O)O)cc1.NCCO. The topological polar surface area (TPSA) is 133 Å². The summed E-state index contributed by atoms with van der Waals surface area (Å²) in [5, 5.41) is 17.3. The van der Waals surface area contributed by atoms with Crippen LogP contribution in [0, 0.1) is 6.92 Å². The first-order valence-corrected chi connectivity index (χ1v) is 12.8. The highest BCUT2D eigenvalue weighted by Gasteiger charge is 2.25. The van der Waals surface area contributed by atoms with Crippen LogP contribution in [0.1, 0.15) is 11.1 Å². The molecule has 0 amide bonds. The molecule has 8 nitrogen and oxygen atoms in total. The van der Waals surface area contributed by atoms with Gasteiger partial charge in [-0.1, -0.05) is 29.8 Å². The molecule has 0 heterocycles. The van der Waals surface area contributed by atoms with Crippen LogP contribution in [0.4, 0.5) is 5.69 Å². The third-order valence-electron chi connectivity index (χ3n) is 4.51. The Morgan fingerprint density at radius 2 is 1.58 bits per heavy atom. The lowest BCUT2D eigenvalue weighted by Gasteiger charge is -2.23. The minimum atomic E-state index is -3.95. The second-order valence-corrected chi connectivity index (χ2v) is 9.54. The van der Waals surface area contributed by atoms with Crippen LogP contribution in [0.15, 0.2) is 53.4 Å². The number of sulfonamides is 1. The quantitative estimate of drug-likeness (QED) is 0.316. The van der Waals surface area contributed by atoms with E-state index in [4.69, 9.17) is 34.0 Å². The summed E-state index contributed by atoms with van der Waals surface area (Å²) in [6, 6.07) is 12.2. The number of aliphatic hydroxyl groups is 1. The van der Waals surface area contributed by atoms with Gasteiger partial charge in [0.25, 0.3) is 0 Å². The van der Waals surface area contributed by atoms with Gasteiger partial charge >= 0.3 is 5.97 Å². The Morgan fingerprint density at radius 1 is 1.06 bits per heavy atom. The van der Waals surface area contributed by atoms with E-state index in [0.29, 0.717) is 37.0 Å². The lowest BCUT2D eigenvalue weighted by molar-refractivity contribution is -0.138. The number of nitrogens with one attached hydrogen (secondary N) is 1. The van der Waals surface area contributed by atoms with Gasteiger partial charge in [-0.2, -0.15) is 4.72 Å². The first-order chi connectivity index (χ1) is 15.7. The number of carboxylic acids is 1. The molecule has 0 aliphatic heterocycles. The summed E-state index contributed by atoms with van der Waals surface area (Å²) < 4.78 is 27.3. The van der Waals surface area contributed by atoms with E-state index in [1.807, 2.05) is 24.0 Å². The Labute approximate surface area is 205 Å². The molecule has 2 aromatic carbocycles. The maximum Gasteiger partial charge on any atom is 0.322 e. The second kappa shape index (κ2) is 15.1. The first kappa shape index (κ1) is 29.2. The number of halogens is 2. The predicted octanol–water partition coefficient (Wildman–Crippen LogP) is 2.19. The van der Waals surface area contributed by atoms with Crippen LogP contribution >= 0.6 is 23.2 Å². The molecule has 0 aromatic heterocycles. The van der Waals surface area contributed by atoms with Gasteiger partial charge in [0.1, 0.15) is 6.04 Å². The molecule has 184 valence electrons. The van der Waals surface area contributed by atoms with E-state index in [0.717, 1.165) is 11.3 Å². The van der Waals surface area contributed by atoms with E-state index in [2.05, 4.69) is 4.72 Å². The molecular formula is C22H31Cl2N3O5S. The van der Waals surface area contributed by atoms with E-state index >= 15 is 0 Å². The molecule has 0 spiro atoms. The van der Waals surface area contributed by atoms with E-state index < -0.39 is 22.0 Å². The molecule has 0 bridgehead atoms. The van der Waals surface area contributed by atoms with Crippen LogP contribution in [0.5, 0.6) is 0 Å². The van der Waals surface area contributed by atoms with Crippen molar-refractivity contribution in [1.82, 2.24) is 4.72 Å². The number of alkyl halides is 2. The highest BCUT2D eigenvalue weighted by molar-refractivity contribution is 7.89. The average molecular weight is 520 g/mol. The zero-order chi connectivity index (χ0) is 24.9. The van der Waals surface area contributed by atoms with Crippen molar-refractivity contribution in [1.29, 1.82) is 0 Å². The van der Waals surface area contributed by atoms with Crippen LogP contribution in [0.2, 0.25) is 0 Å². The number of anilines is 1. The summed E-state index contributed by atoms with van der Waals surface area (Å²) in [5.41, 5.74) is 7.31. The number of hydrogen-bond donors (Lipinski definition) is 4. The van der Waals surface area contributed by atoms with Crippen molar-refractivity contribution < 1.29 is 23.4 Å². The van der Waals surface area contributed by atoms with Gasteiger partial charge in [0, 0.05) is 37.1 Å². The minimum absolute atomic E-state index is 0.0196. The number of carboxylic acid groups (broad SMARTS) is 1. The zero-order valence-electron chi connectivity index (χ0n) is 18.5. The van der Waals surface area contributed by atoms with E-state index in [9.17, 15) is 18.3 Å². The van der Waals surface area contributed by atoms with Gasteiger partial charge in [0.2, 0.25) is 10.0 Å². The highest BCUT2D eigenvalue weighted by Crippen LogP contribution is 2.18. The summed E-state index contributed by atoms with van der Waals surface area (Å²) >= 11 is 11.6. The fourth-order valence-corrected chi connectivity index (χ4v) is 4.40. The molecule has 0 saturated heterocycles. The summed E-state index contributed by atoms with van der Waals surface area (Å²) in [7, 11) is -3.95. The van der Waals surface area contributed by atoms with Gasteiger partial charge in [-0.3, -0.25) is 4.79 Å². The molecule has 2 aromatic rings. The van der Waals surface area contributed by atoms with Crippen molar-refractivity contribution in [3.8, 4) is 0 Å². The average Bonchev–Trinajstić information content (AvgIpc) is 2.79. The number of nitrogens with zero attached hydrogens (tertiary/aromatic N) is 1. The number of benzene rings is 2. The van der Waals surface area contributed by atoms with Crippen LogP contribution in [-0.4, -0.2) is 68.6 Å². The maximum atomic E-state index is 12.5. The lowest BCUT2D eigenvalue weighted by Crippen LogP contribution is -2.42. The minimum Gasteiger partial charge on any atom is -0.480 e. The summed E-state index contributed by atoms with van der Waals surface area (Å²) in [5.74, 6) is -0.322. The van der Waals surface area contributed by atoms with Gasteiger partial charge in [-0.25, -0.2) is 8.42 Å². The lowest BCUT2D eigenvalue weighted by atomic mass is 10.1. The Bertz CT molecular complexity index is 934. The number of aryl methyl sites for hydroxylation is 1. The third kappa shape index (κ3) is 10.3. The van der Waals surface area contributed by atoms with Gasteiger partial charge in [0.05, 0.1) is 11.5 Å². The predicted molar refractivity (Wildman–Crippen MR) is 133 cm³/mol. The molecule has 1 atom stereocenters. The van der Waals surface area contributed by atoms with Crippen molar-refractivity contribution >= 4 is 44.9 Å². The molecule has 0 radical (unpaired) electrons. The normalized spacial score (nSPS) is 11.9. The van der Waals surface area contributed by atoms with Crippen molar-refractivity contribution in [2.45, 2.75) is 24.3 Å². The maximum absolute atomic E-state index is 12.5. The molecular weight excluding hydrogens is 489 g/mol. The van der Waals surface area contributed by atoms with Gasteiger partial charge in [0.15, 0.2) is 0 Å². The van der Waals surface area contributed by atoms with Crippen molar-refractivity contribution in [3.63, 3.8) is 0 Å². The fourth-order valence-electron chi connectivity index (χ4n) is 2.80. The van der Waals surface area contributed by atoms with Crippen LogP contribution in [-0.2, 0) is 21.2 Å². The van der Waals surface area contributed by atoms with Gasteiger partial charge in [-0.05, 0) is 43.2 Å². The molecule has 33 heavy (non-hydrogen) atoms.